The molecule has 1 aliphatic rings. The number of nitrogens with zero attached hydrogens (tertiary/aromatic N) is 2. The normalized spacial score (nSPS) is 13.3. The lowest BCUT2D eigenvalue weighted by molar-refractivity contribution is 0.174. The highest BCUT2D eigenvalue weighted by Crippen LogP contribution is 2.32. The quantitative estimate of drug-likeness (QED) is 0.384. The van der Waals surface area contributed by atoms with Crippen LogP contribution in [0.15, 0.2) is 33.8 Å². The van der Waals surface area contributed by atoms with Crippen LogP contribution in [-0.2, 0) is 18.4 Å². The molecule has 0 saturated carbocycles. The average molecular weight is 486 g/mol. The number of hydrogen-bond donors (Lipinski definition) is 2. The number of aliphatic imine (C=N–C) groups is 1. The minimum atomic E-state index is -0.0458. The Balaban J connectivity index is 0.00000261. The van der Waals surface area contributed by atoms with Crippen molar-refractivity contribution < 1.29 is 13.9 Å². The standard InChI is InChI=1S/C19H26N4O3.HI/c1-19(2,3)16-10-22-17(26-16)11-23-18(20-4)21-8-7-13-5-6-14-15(9-13)25-12-24-14;/h5-6,9-10H,7-8,11-12H2,1-4H3,(H2,20,21,23);1H. The Labute approximate surface area is 177 Å². The van der Waals surface area contributed by atoms with E-state index in [2.05, 4.69) is 41.4 Å². The first kappa shape index (κ1) is 21.3. The number of halogens is 1. The molecule has 0 aliphatic carbocycles. The highest BCUT2D eigenvalue weighted by molar-refractivity contribution is 14.0. The highest BCUT2D eigenvalue weighted by atomic mass is 127. The van der Waals surface area contributed by atoms with Crippen LogP contribution in [0.3, 0.4) is 0 Å². The summed E-state index contributed by atoms with van der Waals surface area (Å²) in [5.41, 5.74) is 1.13. The number of oxazole rings is 1. The van der Waals surface area contributed by atoms with Crippen molar-refractivity contribution in [1.29, 1.82) is 0 Å². The highest BCUT2D eigenvalue weighted by Gasteiger charge is 2.19. The maximum absolute atomic E-state index is 5.78. The molecule has 2 aromatic rings. The Morgan fingerprint density at radius 3 is 2.67 bits per heavy atom. The number of fused-ring (bicyclic) bond motifs is 1. The van der Waals surface area contributed by atoms with E-state index in [0.717, 1.165) is 30.2 Å². The molecule has 0 radical (unpaired) electrons. The van der Waals surface area contributed by atoms with Gasteiger partial charge in [0.15, 0.2) is 17.5 Å². The van der Waals surface area contributed by atoms with E-state index in [-0.39, 0.29) is 29.4 Å². The van der Waals surface area contributed by atoms with E-state index in [1.807, 2.05) is 18.2 Å². The van der Waals surface area contributed by atoms with Crippen molar-refractivity contribution in [3.63, 3.8) is 0 Å². The molecule has 1 aromatic carbocycles. The molecule has 7 nitrogen and oxygen atoms in total. The molecule has 1 aromatic heterocycles. The minimum absolute atomic E-state index is 0. The third-order valence-corrected chi connectivity index (χ3v) is 4.07. The summed E-state index contributed by atoms with van der Waals surface area (Å²) in [4.78, 5) is 8.54. The summed E-state index contributed by atoms with van der Waals surface area (Å²) >= 11 is 0. The SMILES string of the molecule is CN=C(NCCc1ccc2c(c1)OCO2)NCc1ncc(C(C)(C)C)o1.I. The fourth-order valence-electron chi connectivity index (χ4n) is 2.54. The smallest absolute Gasteiger partial charge is 0.231 e. The zero-order valence-corrected chi connectivity index (χ0v) is 18.5. The first-order valence-corrected chi connectivity index (χ1v) is 8.74. The Hall–Kier alpha value is -1.97. The van der Waals surface area contributed by atoms with Crippen LogP contribution in [0, 0.1) is 0 Å². The fraction of sp³-hybridized carbons (Fsp3) is 0.474. The lowest BCUT2D eigenvalue weighted by atomic mass is 9.94. The summed E-state index contributed by atoms with van der Waals surface area (Å²) in [7, 11) is 1.74. The first-order chi connectivity index (χ1) is 12.5. The van der Waals surface area contributed by atoms with Crippen molar-refractivity contribution >= 4 is 29.9 Å². The second-order valence-electron chi connectivity index (χ2n) is 7.16. The van der Waals surface area contributed by atoms with Gasteiger partial charge < -0.3 is 24.5 Å². The summed E-state index contributed by atoms with van der Waals surface area (Å²) in [5, 5.41) is 6.51. The van der Waals surface area contributed by atoms with E-state index in [1.54, 1.807) is 13.2 Å². The van der Waals surface area contributed by atoms with Crippen molar-refractivity contribution in [2.24, 2.45) is 4.99 Å². The molecule has 27 heavy (non-hydrogen) atoms. The van der Waals surface area contributed by atoms with Crippen LogP contribution in [0.25, 0.3) is 0 Å². The van der Waals surface area contributed by atoms with Crippen molar-refractivity contribution in [3.8, 4) is 11.5 Å². The van der Waals surface area contributed by atoms with Crippen molar-refractivity contribution in [2.75, 3.05) is 20.4 Å². The van der Waals surface area contributed by atoms with Gasteiger partial charge in [-0.05, 0) is 24.1 Å². The Morgan fingerprint density at radius 2 is 1.96 bits per heavy atom. The Morgan fingerprint density at radius 1 is 1.19 bits per heavy atom. The molecule has 2 heterocycles. The molecule has 0 amide bonds. The average Bonchev–Trinajstić information content (AvgIpc) is 3.26. The van der Waals surface area contributed by atoms with E-state index >= 15 is 0 Å². The monoisotopic (exact) mass is 486 g/mol. The van der Waals surface area contributed by atoms with Gasteiger partial charge in [-0.1, -0.05) is 26.8 Å². The molecule has 0 saturated heterocycles. The maximum Gasteiger partial charge on any atom is 0.231 e. The van der Waals surface area contributed by atoms with Gasteiger partial charge in [0.1, 0.15) is 5.76 Å². The summed E-state index contributed by atoms with van der Waals surface area (Å²) in [5.74, 6) is 3.85. The number of ether oxygens (including phenoxy) is 2. The zero-order chi connectivity index (χ0) is 18.6. The van der Waals surface area contributed by atoms with Gasteiger partial charge in [-0.15, -0.1) is 24.0 Å². The lowest BCUT2D eigenvalue weighted by Crippen LogP contribution is -2.37. The van der Waals surface area contributed by atoms with Gasteiger partial charge in [0, 0.05) is 19.0 Å². The van der Waals surface area contributed by atoms with E-state index in [1.165, 1.54) is 5.56 Å². The molecule has 148 valence electrons. The van der Waals surface area contributed by atoms with Crippen molar-refractivity contribution in [3.05, 3.63) is 41.6 Å². The van der Waals surface area contributed by atoms with Crippen LogP contribution >= 0.6 is 24.0 Å². The van der Waals surface area contributed by atoms with E-state index in [9.17, 15) is 0 Å². The number of rotatable bonds is 5. The van der Waals surface area contributed by atoms with Crippen LogP contribution in [0.1, 0.15) is 38.0 Å². The zero-order valence-electron chi connectivity index (χ0n) is 16.2. The van der Waals surface area contributed by atoms with Crippen LogP contribution in [0.2, 0.25) is 0 Å². The maximum atomic E-state index is 5.78. The van der Waals surface area contributed by atoms with E-state index in [0.29, 0.717) is 25.2 Å². The summed E-state index contributed by atoms with van der Waals surface area (Å²) in [6, 6.07) is 6.01. The van der Waals surface area contributed by atoms with E-state index < -0.39 is 0 Å². The van der Waals surface area contributed by atoms with Gasteiger partial charge in [0.05, 0.1) is 12.7 Å². The Kier molecular flexibility index (Phi) is 7.34. The molecular formula is C19H27IN4O3. The van der Waals surface area contributed by atoms with Gasteiger partial charge in [-0.3, -0.25) is 4.99 Å². The largest absolute Gasteiger partial charge is 0.454 e. The van der Waals surface area contributed by atoms with Crippen LogP contribution in [0.5, 0.6) is 11.5 Å². The number of aromatic nitrogens is 1. The summed E-state index contributed by atoms with van der Waals surface area (Å²) in [6.07, 6.45) is 2.64. The third-order valence-electron chi connectivity index (χ3n) is 4.07. The van der Waals surface area contributed by atoms with Gasteiger partial charge in [0.25, 0.3) is 0 Å². The molecule has 8 heteroatoms. The first-order valence-electron chi connectivity index (χ1n) is 8.74. The number of nitrogens with one attached hydrogen (secondary N) is 2. The summed E-state index contributed by atoms with van der Waals surface area (Å²) < 4.78 is 16.5. The van der Waals surface area contributed by atoms with Crippen molar-refractivity contribution in [1.82, 2.24) is 15.6 Å². The molecule has 0 atom stereocenters. The van der Waals surface area contributed by atoms with Gasteiger partial charge in [0.2, 0.25) is 12.7 Å². The molecule has 0 unspecified atom stereocenters. The lowest BCUT2D eigenvalue weighted by Gasteiger charge is -2.13. The molecule has 2 N–H and O–H groups in total. The molecule has 1 aliphatic heterocycles. The molecular weight excluding hydrogens is 459 g/mol. The molecule has 0 bridgehead atoms. The second kappa shape index (κ2) is 9.29. The minimum Gasteiger partial charge on any atom is -0.454 e. The Bertz CT molecular complexity index is 784. The van der Waals surface area contributed by atoms with Gasteiger partial charge in [-0.25, -0.2) is 4.98 Å². The fourth-order valence-corrected chi connectivity index (χ4v) is 2.54. The molecule has 0 spiro atoms. The second-order valence-corrected chi connectivity index (χ2v) is 7.16. The van der Waals surface area contributed by atoms with Crippen molar-refractivity contribution in [2.45, 2.75) is 39.2 Å². The summed E-state index contributed by atoms with van der Waals surface area (Å²) in [6.45, 7) is 7.83. The van der Waals surface area contributed by atoms with Crippen LogP contribution in [-0.4, -0.2) is 31.3 Å². The third kappa shape index (κ3) is 5.75. The van der Waals surface area contributed by atoms with Crippen LogP contribution < -0.4 is 20.1 Å². The van der Waals surface area contributed by atoms with Gasteiger partial charge >= 0.3 is 0 Å². The number of guanidine groups is 1. The number of benzene rings is 1. The predicted molar refractivity (Wildman–Crippen MR) is 115 cm³/mol. The van der Waals surface area contributed by atoms with E-state index in [4.69, 9.17) is 13.9 Å². The topological polar surface area (TPSA) is 80.9 Å². The number of hydrogen-bond acceptors (Lipinski definition) is 5. The van der Waals surface area contributed by atoms with Crippen LogP contribution in [0.4, 0.5) is 0 Å². The predicted octanol–water partition coefficient (Wildman–Crippen LogP) is 3.23. The van der Waals surface area contributed by atoms with Gasteiger partial charge in [-0.2, -0.15) is 0 Å². The molecule has 3 rings (SSSR count). The molecule has 0 fully saturated rings.